The molecule has 0 bridgehead atoms. The summed E-state index contributed by atoms with van der Waals surface area (Å²) in [6.07, 6.45) is 5.54. The van der Waals surface area contributed by atoms with Gasteiger partial charge >= 0.3 is 5.97 Å². The predicted molar refractivity (Wildman–Crippen MR) is 118 cm³/mol. The number of carbonyl (C=O) groups is 1. The van der Waals surface area contributed by atoms with E-state index in [2.05, 4.69) is 34.7 Å². The molecular formula is C21H31Cl2N3O2. The topological polar surface area (TPSA) is 47.4 Å². The lowest BCUT2D eigenvalue weighted by Crippen LogP contribution is -2.27. The van der Waals surface area contributed by atoms with Crippen molar-refractivity contribution in [2.45, 2.75) is 45.4 Å². The van der Waals surface area contributed by atoms with Gasteiger partial charge in [-0.3, -0.25) is 4.79 Å². The summed E-state index contributed by atoms with van der Waals surface area (Å²) in [5.41, 5.74) is 3.25. The van der Waals surface area contributed by atoms with Crippen LogP contribution in [0.3, 0.4) is 0 Å². The quantitative estimate of drug-likeness (QED) is 0.258. The van der Waals surface area contributed by atoms with E-state index in [-0.39, 0.29) is 5.97 Å². The van der Waals surface area contributed by atoms with Crippen molar-refractivity contribution in [2.24, 2.45) is 7.05 Å². The Hall–Kier alpha value is -1.46. The smallest absolute Gasteiger partial charge is 0.305 e. The molecule has 0 radical (unpaired) electrons. The van der Waals surface area contributed by atoms with E-state index in [1.54, 1.807) is 0 Å². The Kier molecular flexibility index (Phi) is 9.93. The van der Waals surface area contributed by atoms with E-state index in [4.69, 9.17) is 32.9 Å². The van der Waals surface area contributed by atoms with Crippen molar-refractivity contribution in [2.75, 3.05) is 36.4 Å². The van der Waals surface area contributed by atoms with E-state index in [0.717, 1.165) is 67.7 Å². The number of imidazole rings is 1. The Morgan fingerprint density at radius 1 is 1.14 bits per heavy atom. The minimum Gasteiger partial charge on any atom is -0.466 e. The van der Waals surface area contributed by atoms with Crippen LogP contribution in [0.1, 0.15) is 44.9 Å². The lowest BCUT2D eigenvalue weighted by molar-refractivity contribution is -0.143. The van der Waals surface area contributed by atoms with Gasteiger partial charge in [0.2, 0.25) is 0 Å². The molecule has 0 aliphatic rings. The average Bonchev–Trinajstić information content (AvgIpc) is 2.99. The third kappa shape index (κ3) is 6.56. The number of nitrogens with zero attached hydrogens (tertiary/aromatic N) is 3. The van der Waals surface area contributed by atoms with Crippen LogP contribution < -0.4 is 4.90 Å². The third-order valence-corrected chi connectivity index (χ3v) is 5.21. The Morgan fingerprint density at radius 3 is 2.54 bits per heavy atom. The first-order valence-corrected chi connectivity index (χ1v) is 11.2. The van der Waals surface area contributed by atoms with E-state index >= 15 is 0 Å². The van der Waals surface area contributed by atoms with Gasteiger partial charge in [0.15, 0.2) is 0 Å². The lowest BCUT2D eigenvalue weighted by atomic mass is 10.1. The van der Waals surface area contributed by atoms with Gasteiger partial charge in [-0.1, -0.05) is 12.8 Å². The second kappa shape index (κ2) is 12.2. The fourth-order valence-electron chi connectivity index (χ4n) is 3.37. The van der Waals surface area contributed by atoms with Crippen molar-refractivity contribution >= 4 is 45.9 Å². The third-order valence-electron chi connectivity index (χ3n) is 4.87. The number of rotatable bonds is 13. The summed E-state index contributed by atoms with van der Waals surface area (Å²) in [6.45, 7) is 3.84. The molecule has 0 atom stereocenters. The highest BCUT2D eigenvalue weighted by Crippen LogP contribution is 2.23. The number of ether oxygens (including phenoxy) is 1. The highest BCUT2D eigenvalue weighted by atomic mass is 35.5. The van der Waals surface area contributed by atoms with Crippen molar-refractivity contribution in [3.05, 3.63) is 24.0 Å². The highest BCUT2D eigenvalue weighted by molar-refractivity contribution is 6.18. The molecular weight excluding hydrogens is 397 g/mol. The van der Waals surface area contributed by atoms with Gasteiger partial charge in [0, 0.05) is 50.4 Å². The van der Waals surface area contributed by atoms with Crippen molar-refractivity contribution in [3.8, 4) is 0 Å². The van der Waals surface area contributed by atoms with Gasteiger partial charge < -0.3 is 14.2 Å². The maximum Gasteiger partial charge on any atom is 0.305 e. The van der Waals surface area contributed by atoms with Gasteiger partial charge in [-0.05, 0) is 38.0 Å². The number of unbranched alkanes of at least 4 members (excludes halogenated alkanes) is 3. The van der Waals surface area contributed by atoms with Crippen LogP contribution in [0.2, 0.25) is 0 Å². The van der Waals surface area contributed by atoms with E-state index < -0.39 is 0 Å². The minimum atomic E-state index is -0.0916. The summed E-state index contributed by atoms with van der Waals surface area (Å²) in [5, 5.41) is 0. The molecule has 0 N–H and O–H groups in total. The molecule has 156 valence electrons. The number of carbonyl (C=O) groups excluding carboxylic acids is 1. The first kappa shape index (κ1) is 22.8. The molecule has 7 heteroatoms. The number of anilines is 1. The predicted octanol–water partition coefficient (Wildman–Crippen LogP) is 4.91. The van der Waals surface area contributed by atoms with Gasteiger partial charge in [-0.25, -0.2) is 4.98 Å². The Morgan fingerprint density at radius 2 is 1.86 bits per heavy atom. The van der Waals surface area contributed by atoms with Gasteiger partial charge in [0.05, 0.1) is 17.6 Å². The summed E-state index contributed by atoms with van der Waals surface area (Å²) in [5.74, 6) is 2.14. The molecule has 2 aromatic rings. The summed E-state index contributed by atoms with van der Waals surface area (Å²) in [6, 6.07) is 6.36. The molecule has 1 aromatic carbocycles. The maximum absolute atomic E-state index is 11.3. The SMILES string of the molecule is CCOC(=O)CCCCCCc1nc2cc(N(CCCl)CCCl)ccc2n1C. The molecule has 0 unspecified atom stereocenters. The van der Waals surface area contributed by atoms with Crippen molar-refractivity contribution in [1.29, 1.82) is 0 Å². The second-order valence-corrected chi connectivity index (χ2v) is 7.60. The van der Waals surface area contributed by atoms with E-state index in [1.807, 2.05) is 6.92 Å². The van der Waals surface area contributed by atoms with Crippen LogP contribution in [0.15, 0.2) is 18.2 Å². The summed E-state index contributed by atoms with van der Waals surface area (Å²) < 4.78 is 7.13. The van der Waals surface area contributed by atoms with E-state index in [1.165, 1.54) is 0 Å². The van der Waals surface area contributed by atoms with Crippen LogP contribution in [-0.2, 0) is 23.0 Å². The van der Waals surface area contributed by atoms with Crippen LogP contribution in [0.5, 0.6) is 0 Å². The fraction of sp³-hybridized carbons (Fsp3) is 0.619. The summed E-state index contributed by atoms with van der Waals surface area (Å²) in [7, 11) is 2.07. The van der Waals surface area contributed by atoms with Gasteiger partial charge in [0.25, 0.3) is 0 Å². The summed E-state index contributed by atoms with van der Waals surface area (Å²) >= 11 is 11.9. The molecule has 0 aliphatic carbocycles. The maximum atomic E-state index is 11.3. The van der Waals surface area contributed by atoms with E-state index in [0.29, 0.717) is 24.8 Å². The van der Waals surface area contributed by atoms with Crippen LogP contribution >= 0.6 is 23.2 Å². The number of benzene rings is 1. The molecule has 0 saturated heterocycles. The molecule has 0 aliphatic heterocycles. The largest absolute Gasteiger partial charge is 0.466 e. The monoisotopic (exact) mass is 427 g/mol. The molecule has 1 heterocycles. The van der Waals surface area contributed by atoms with Crippen LogP contribution in [0.25, 0.3) is 11.0 Å². The number of hydrogen-bond acceptors (Lipinski definition) is 4. The number of alkyl halides is 2. The molecule has 0 saturated carbocycles. The van der Waals surface area contributed by atoms with E-state index in [9.17, 15) is 4.79 Å². The summed E-state index contributed by atoms with van der Waals surface area (Å²) in [4.78, 5) is 18.4. The van der Waals surface area contributed by atoms with Gasteiger partial charge in [0.1, 0.15) is 5.82 Å². The van der Waals surface area contributed by atoms with Crippen LogP contribution in [0.4, 0.5) is 5.69 Å². The fourth-order valence-corrected chi connectivity index (χ4v) is 3.78. The lowest BCUT2D eigenvalue weighted by Gasteiger charge is -2.22. The molecule has 2 rings (SSSR count). The number of halogens is 2. The van der Waals surface area contributed by atoms with Gasteiger partial charge in [-0.2, -0.15) is 0 Å². The number of hydrogen-bond donors (Lipinski definition) is 0. The first-order chi connectivity index (χ1) is 13.6. The van der Waals surface area contributed by atoms with Crippen LogP contribution in [0, 0.1) is 0 Å². The molecule has 0 fully saturated rings. The Labute approximate surface area is 178 Å². The molecule has 0 spiro atoms. The first-order valence-electron chi connectivity index (χ1n) is 10.1. The second-order valence-electron chi connectivity index (χ2n) is 6.84. The normalized spacial score (nSPS) is 11.1. The zero-order valence-corrected chi connectivity index (χ0v) is 18.4. The molecule has 28 heavy (non-hydrogen) atoms. The standard InChI is InChI=1S/C21H31Cl2N3O2/c1-3-28-21(27)9-7-5-4-6-8-20-24-18-16-17(10-11-19(18)25(20)2)26(14-12-22)15-13-23/h10-11,16H,3-9,12-15H2,1-2H3. The number of aromatic nitrogens is 2. The Bertz CT molecular complexity index is 743. The van der Waals surface area contributed by atoms with Crippen LogP contribution in [-0.4, -0.2) is 47.0 Å². The van der Waals surface area contributed by atoms with Gasteiger partial charge in [-0.15, -0.1) is 23.2 Å². The molecule has 5 nitrogen and oxygen atoms in total. The van der Waals surface area contributed by atoms with Crippen molar-refractivity contribution in [1.82, 2.24) is 9.55 Å². The highest BCUT2D eigenvalue weighted by Gasteiger charge is 2.11. The zero-order chi connectivity index (χ0) is 20.4. The molecule has 1 aromatic heterocycles. The zero-order valence-electron chi connectivity index (χ0n) is 16.9. The number of esters is 1. The average molecular weight is 428 g/mol. The number of aryl methyl sites for hydroxylation is 2. The van der Waals surface area contributed by atoms with Crippen molar-refractivity contribution in [3.63, 3.8) is 0 Å². The number of fused-ring (bicyclic) bond motifs is 1. The molecule has 0 amide bonds. The van der Waals surface area contributed by atoms with Crippen molar-refractivity contribution < 1.29 is 9.53 Å². The minimum absolute atomic E-state index is 0.0916. The Balaban J connectivity index is 1.91.